The molecule has 84 valence electrons. The second kappa shape index (κ2) is 5.27. The molecule has 0 saturated heterocycles. The van der Waals surface area contributed by atoms with Crippen molar-refractivity contribution in [2.75, 3.05) is 13.2 Å². The quantitative estimate of drug-likeness (QED) is 0.847. The minimum Gasteiger partial charge on any atom is -0.395 e. The summed E-state index contributed by atoms with van der Waals surface area (Å²) in [5.41, 5.74) is 0.904. The number of rotatable bonds is 4. The second-order valence-corrected chi connectivity index (χ2v) is 4.07. The Kier molecular flexibility index (Phi) is 4.28. The van der Waals surface area contributed by atoms with Crippen molar-refractivity contribution in [1.29, 1.82) is 0 Å². The van der Waals surface area contributed by atoms with E-state index in [-0.39, 0.29) is 25.1 Å². The number of nitrogens with one attached hydrogen (secondary N) is 1. The maximum absolute atomic E-state index is 11.6. The first kappa shape index (κ1) is 12.2. The number of aliphatic hydroxyl groups is 1. The van der Waals surface area contributed by atoms with Crippen molar-refractivity contribution in [3.8, 4) is 0 Å². The van der Waals surface area contributed by atoms with Gasteiger partial charge in [-0.05, 0) is 29.8 Å². The van der Waals surface area contributed by atoms with Gasteiger partial charge >= 0.3 is 0 Å². The molecule has 1 aromatic heterocycles. The Labute approximate surface area is 96.6 Å². The SMILES string of the molecule is Cc1c(Br)cnn1C(C)C(=O)NCCO. The van der Waals surface area contributed by atoms with Crippen molar-refractivity contribution in [3.63, 3.8) is 0 Å². The molecule has 15 heavy (non-hydrogen) atoms. The van der Waals surface area contributed by atoms with Gasteiger partial charge in [-0.2, -0.15) is 5.10 Å². The van der Waals surface area contributed by atoms with Crippen molar-refractivity contribution < 1.29 is 9.90 Å². The number of aromatic nitrogens is 2. The number of nitrogens with zero attached hydrogens (tertiary/aromatic N) is 2. The minimum absolute atomic E-state index is 0.0553. The van der Waals surface area contributed by atoms with Crippen LogP contribution < -0.4 is 5.32 Å². The monoisotopic (exact) mass is 275 g/mol. The molecule has 0 aliphatic rings. The zero-order valence-corrected chi connectivity index (χ0v) is 10.3. The third kappa shape index (κ3) is 2.79. The van der Waals surface area contributed by atoms with Gasteiger partial charge in [0, 0.05) is 6.54 Å². The third-order valence-corrected chi connectivity index (χ3v) is 2.92. The van der Waals surface area contributed by atoms with E-state index in [9.17, 15) is 4.79 Å². The van der Waals surface area contributed by atoms with Gasteiger partial charge < -0.3 is 10.4 Å². The molecule has 1 amide bonds. The number of aliphatic hydroxyl groups excluding tert-OH is 1. The van der Waals surface area contributed by atoms with Crippen LogP contribution in [0.15, 0.2) is 10.7 Å². The summed E-state index contributed by atoms with van der Waals surface area (Å²) in [6.45, 7) is 3.86. The molecule has 0 bridgehead atoms. The molecule has 1 heterocycles. The van der Waals surface area contributed by atoms with Crippen LogP contribution in [0.5, 0.6) is 0 Å². The van der Waals surface area contributed by atoms with Gasteiger partial charge in [-0.3, -0.25) is 9.48 Å². The average molecular weight is 276 g/mol. The van der Waals surface area contributed by atoms with Crippen LogP contribution in [0.2, 0.25) is 0 Å². The maximum Gasteiger partial charge on any atom is 0.244 e. The Morgan fingerprint density at radius 1 is 1.80 bits per heavy atom. The predicted octanol–water partition coefficient (Wildman–Crippen LogP) is 0.624. The van der Waals surface area contributed by atoms with Crippen LogP contribution in [0.4, 0.5) is 0 Å². The Hall–Kier alpha value is -0.880. The Balaban J connectivity index is 2.71. The van der Waals surface area contributed by atoms with Gasteiger partial charge in [-0.1, -0.05) is 0 Å². The minimum atomic E-state index is -0.372. The molecule has 6 heteroatoms. The van der Waals surface area contributed by atoms with E-state index in [1.165, 1.54) is 0 Å². The molecular weight excluding hydrogens is 262 g/mol. The number of amides is 1. The molecular formula is C9H14BrN3O2. The number of hydrogen-bond acceptors (Lipinski definition) is 3. The molecule has 1 atom stereocenters. The number of halogens is 1. The molecule has 0 radical (unpaired) electrons. The third-order valence-electron chi connectivity index (χ3n) is 2.14. The fourth-order valence-corrected chi connectivity index (χ4v) is 1.50. The van der Waals surface area contributed by atoms with E-state index in [0.29, 0.717) is 0 Å². The van der Waals surface area contributed by atoms with Gasteiger partial charge in [0.15, 0.2) is 0 Å². The van der Waals surface area contributed by atoms with Gasteiger partial charge in [0.2, 0.25) is 5.91 Å². The fraction of sp³-hybridized carbons (Fsp3) is 0.556. The van der Waals surface area contributed by atoms with Crippen LogP contribution in [0.3, 0.4) is 0 Å². The summed E-state index contributed by atoms with van der Waals surface area (Å²) in [5, 5.41) is 15.3. The zero-order chi connectivity index (χ0) is 11.4. The Morgan fingerprint density at radius 3 is 2.93 bits per heavy atom. The molecule has 0 aliphatic carbocycles. The van der Waals surface area contributed by atoms with Crippen LogP contribution in [0, 0.1) is 6.92 Å². The van der Waals surface area contributed by atoms with Gasteiger partial charge in [0.25, 0.3) is 0 Å². The number of hydrogen-bond donors (Lipinski definition) is 2. The highest BCUT2D eigenvalue weighted by Crippen LogP contribution is 2.18. The maximum atomic E-state index is 11.6. The van der Waals surface area contributed by atoms with Crippen LogP contribution in [0.25, 0.3) is 0 Å². The summed E-state index contributed by atoms with van der Waals surface area (Å²) in [4.78, 5) is 11.6. The van der Waals surface area contributed by atoms with E-state index < -0.39 is 0 Å². The van der Waals surface area contributed by atoms with Gasteiger partial charge in [-0.25, -0.2) is 0 Å². The lowest BCUT2D eigenvalue weighted by Gasteiger charge is -2.13. The molecule has 0 saturated carbocycles. The van der Waals surface area contributed by atoms with Crippen molar-refractivity contribution >= 4 is 21.8 Å². The van der Waals surface area contributed by atoms with Gasteiger partial charge in [-0.15, -0.1) is 0 Å². The van der Waals surface area contributed by atoms with E-state index >= 15 is 0 Å². The van der Waals surface area contributed by atoms with E-state index in [1.54, 1.807) is 17.8 Å². The van der Waals surface area contributed by atoms with Gasteiger partial charge in [0.05, 0.1) is 23.0 Å². The van der Waals surface area contributed by atoms with Crippen LogP contribution in [0.1, 0.15) is 18.7 Å². The molecule has 0 fully saturated rings. The zero-order valence-electron chi connectivity index (χ0n) is 8.70. The van der Waals surface area contributed by atoms with Crippen LogP contribution >= 0.6 is 15.9 Å². The molecule has 2 N–H and O–H groups in total. The molecule has 0 spiro atoms. The highest BCUT2D eigenvalue weighted by Gasteiger charge is 2.17. The van der Waals surface area contributed by atoms with Crippen LogP contribution in [-0.2, 0) is 4.79 Å². The van der Waals surface area contributed by atoms with E-state index in [2.05, 4.69) is 26.3 Å². The summed E-state index contributed by atoms with van der Waals surface area (Å²) < 4.78 is 2.51. The summed E-state index contributed by atoms with van der Waals surface area (Å²) in [6.07, 6.45) is 1.66. The summed E-state index contributed by atoms with van der Waals surface area (Å²) >= 11 is 3.33. The highest BCUT2D eigenvalue weighted by molar-refractivity contribution is 9.10. The summed E-state index contributed by atoms with van der Waals surface area (Å²) in [6, 6.07) is -0.372. The smallest absolute Gasteiger partial charge is 0.244 e. The van der Waals surface area contributed by atoms with Crippen molar-refractivity contribution in [2.45, 2.75) is 19.9 Å². The van der Waals surface area contributed by atoms with E-state index in [0.717, 1.165) is 10.2 Å². The first-order valence-electron chi connectivity index (χ1n) is 4.66. The molecule has 5 nitrogen and oxygen atoms in total. The van der Waals surface area contributed by atoms with Crippen molar-refractivity contribution in [1.82, 2.24) is 15.1 Å². The van der Waals surface area contributed by atoms with Crippen molar-refractivity contribution in [2.24, 2.45) is 0 Å². The lowest BCUT2D eigenvalue weighted by Crippen LogP contribution is -2.33. The van der Waals surface area contributed by atoms with Gasteiger partial charge in [0.1, 0.15) is 6.04 Å². The molecule has 0 aromatic carbocycles. The molecule has 1 rings (SSSR count). The summed E-state index contributed by atoms with van der Waals surface area (Å²) in [7, 11) is 0. The number of carbonyl (C=O) groups excluding carboxylic acids is 1. The topological polar surface area (TPSA) is 67.2 Å². The highest BCUT2D eigenvalue weighted by atomic mass is 79.9. The fourth-order valence-electron chi connectivity index (χ4n) is 1.23. The molecule has 0 aliphatic heterocycles. The van der Waals surface area contributed by atoms with Crippen molar-refractivity contribution in [3.05, 3.63) is 16.4 Å². The number of carbonyl (C=O) groups is 1. The average Bonchev–Trinajstić information content (AvgIpc) is 2.55. The molecule has 1 aromatic rings. The first-order valence-corrected chi connectivity index (χ1v) is 5.45. The van der Waals surface area contributed by atoms with Crippen LogP contribution in [-0.4, -0.2) is 33.9 Å². The van der Waals surface area contributed by atoms with E-state index in [4.69, 9.17) is 5.11 Å². The normalized spacial score (nSPS) is 12.5. The standard InChI is InChI=1S/C9H14BrN3O2/c1-6-8(10)5-12-13(6)7(2)9(15)11-3-4-14/h5,7,14H,3-4H2,1-2H3,(H,11,15). The molecule has 1 unspecified atom stereocenters. The second-order valence-electron chi connectivity index (χ2n) is 3.21. The lowest BCUT2D eigenvalue weighted by molar-refractivity contribution is -0.124. The Bertz CT molecular complexity index is 351. The first-order chi connectivity index (χ1) is 7.07. The Morgan fingerprint density at radius 2 is 2.47 bits per heavy atom. The lowest BCUT2D eigenvalue weighted by atomic mass is 10.3. The van der Waals surface area contributed by atoms with E-state index in [1.807, 2.05) is 6.92 Å². The predicted molar refractivity (Wildman–Crippen MR) is 59.5 cm³/mol. The summed E-state index contributed by atoms with van der Waals surface area (Å²) in [5.74, 6) is -0.150. The largest absolute Gasteiger partial charge is 0.395 e.